The minimum atomic E-state index is -1.49. The molecule has 11 heteroatoms. The van der Waals surface area contributed by atoms with E-state index in [2.05, 4.69) is 20.4 Å². The van der Waals surface area contributed by atoms with Gasteiger partial charge in [-0.1, -0.05) is 18.2 Å². The summed E-state index contributed by atoms with van der Waals surface area (Å²) in [6, 6.07) is 10.9. The van der Waals surface area contributed by atoms with E-state index in [1.807, 2.05) is 23.6 Å². The highest BCUT2D eigenvalue weighted by atomic mass is 32.1. The Hall–Kier alpha value is -3.83. The lowest BCUT2D eigenvalue weighted by molar-refractivity contribution is -0.143. The van der Waals surface area contributed by atoms with E-state index in [1.54, 1.807) is 55.2 Å². The lowest BCUT2D eigenvalue weighted by Gasteiger charge is -2.21. The molecule has 5 rings (SSSR count). The number of thiazole rings is 1. The lowest BCUT2D eigenvalue weighted by atomic mass is 9.90. The van der Waals surface area contributed by atoms with Crippen molar-refractivity contribution in [1.82, 2.24) is 29.6 Å². The van der Waals surface area contributed by atoms with Gasteiger partial charge in [-0.05, 0) is 17.7 Å². The molecule has 1 unspecified atom stereocenters. The Kier molecular flexibility index (Phi) is 5.50. The molecule has 4 aromatic rings. The van der Waals surface area contributed by atoms with Gasteiger partial charge in [0.2, 0.25) is 11.8 Å². The minimum absolute atomic E-state index is 0.282. The molecule has 0 spiro atoms. The Morgan fingerprint density at radius 3 is 2.76 bits per heavy atom. The van der Waals surface area contributed by atoms with Crippen LogP contribution in [0.1, 0.15) is 12.0 Å². The average molecular weight is 478 g/mol. The van der Waals surface area contributed by atoms with Crippen molar-refractivity contribution in [3.05, 3.63) is 53.5 Å². The zero-order valence-corrected chi connectivity index (χ0v) is 19.7. The number of nitrogens with one attached hydrogen (secondary N) is 1. The molecule has 1 amide bonds. The Labute approximate surface area is 199 Å². The fourth-order valence-corrected chi connectivity index (χ4v) is 4.69. The van der Waals surface area contributed by atoms with Crippen molar-refractivity contribution in [2.75, 3.05) is 26.0 Å². The molecule has 0 saturated carbocycles. The summed E-state index contributed by atoms with van der Waals surface area (Å²) in [6.07, 6.45) is 2.03. The third kappa shape index (κ3) is 3.88. The van der Waals surface area contributed by atoms with Gasteiger partial charge in [-0.3, -0.25) is 4.79 Å². The number of hydrogen-bond acceptors (Lipinski definition) is 9. The molecular formula is C23H23N7O3S. The van der Waals surface area contributed by atoms with E-state index < -0.39 is 5.60 Å². The second-order valence-corrected chi connectivity index (χ2v) is 8.90. The number of likely N-dealkylation sites (tertiary alicyclic amines) is 1. The highest BCUT2D eigenvalue weighted by Crippen LogP contribution is 2.35. The smallest absolute Gasteiger partial charge is 0.258 e. The summed E-state index contributed by atoms with van der Waals surface area (Å²) in [7, 11) is 5.06. The van der Waals surface area contributed by atoms with Crippen LogP contribution in [0.3, 0.4) is 0 Å². The number of carbonyl (C=O) groups is 1. The fraction of sp³-hybridized carbons (Fsp3) is 0.261. The number of nitrogens with zero attached hydrogens (tertiary/aromatic N) is 6. The van der Waals surface area contributed by atoms with Gasteiger partial charge in [0.25, 0.3) is 5.91 Å². The molecule has 1 atom stereocenters. The first kappa shape index (κ1) is 22.0. The van der Waals surface area contributed by atoms with Crippen molar-refractivity contribution >= 4 is 29.0 Å². The number of ether oxygens (including phenoxy) is 1. The number of rotatable bonds is 6. The van der Waals surface area contributed by atoms with Gasteiger partial charge in [-0.25, -0.2) is 19.6 Å². The first-order chi connectivity index (χ1) is 16.4. The molecule has 1 fully saturated rings. The van der Waals surface area contributed by atoms with Crippen molar-refractivity contribution in [3.63, 3.8) is 0 Å². The van der Waals surface area contributed by atoms with Gasteiger partial charge < -0.3 is 20.1 Å². The van der Waals surface area contributed by atoms with Crippen LogP contribution in [0.4, 0.5) is 11.8 Å². The number of likely N-dealkylation sites (N-methyl/N-ethyl adjacent to an activating group) is 1. The van der Waals surface area contributed by atoms with Crippen LogP contribution in [0.25, 0.3) is 22.0 Å². The zero-order chi connectivity index (χ0) is 23.9. The first-order valence-corrected chi connectivity index (χ1v) is 11.5. The maximum Gasteiger partial charge on any atom is 0.258 e. The Bertz CT molecular complexity index is 1370. The highest BCUT2D eigenvalue weighted by Gasteiger charge is 2.45. The van der Waals surface area contributed by atoms with E-state index in [0.717, 1.165) is 16.3 Å². The molecule has 1 aromatic carbocycles. The zero-order valence-electron chi connectivity index (χ0n) is 18.9. The number of anilines is 2. The summed E-state index contributed by atoms with van der Waals surface area (Å²) >= 11 is 1.46. The van der Waals surface area contributed by atoms with Crippen molar-refractivity contribution in [3.8, 4) is 27.8 Å². The Morgan fingerprint density at radius 1 is 1.18 bits per heavy atom. The van der Waals surface area contributed by atoms with Crippen LogP contribution < -0.4 is 10.1 Å². The van der Waals surface area contributed by atoms with Gasteiger partial charge in [0, 0.05) is 50.3 Å². The Morgan fingerprint density at radius 2 is 2.03 bits per heavy atom. The van der Waals surface area contributed by atoms with E-state index >= 15 is 0 Å². The number of hydrogen-bond donors (Lipinski definition) is 2. The number of benzene rings is 1. The van der Waals surface area contributed by atoms with Crippen LogP contribution in [0.5, 0.6) is 5.88 Å². The summed E-state index contributed by atoms with van der Waals surface area (Å²) in [6.45, 7) is 0.524. The number of carbonyl (C=O) groups excluding carboxylic acids is 1. The van der Waals surface area contributed by atoms with Crippen LogP contribution in [0.15, 0.2) is 48.0 Å². The van der Waals surface area contributed by atoms with E-state index in [9.17, 15) is 9.90 Å². The van der Waals surface area contributed by atoms with Crippen molar-refractivity contribution in [2.24, 2.45) is 7.05 Å². The molecule has 0 bridgehead atoms. The SMILES string of the molecule is COc1cc(Nc2nccc(-c3nc(-c4cccc(C5(O)CCN(C)C5=O)c4)cs3)n2)n(C)n1. The number of methoxy groups -OCH3 is 1. The number of aryl methyl sites for hydroxylation is 1. The molecule has 1 saturated heterocycles. The van der Waals surface area contributed by atoms with Crippen LogP contribution in [0.2, 0.25) is 0 Å². The van der Waals surface area contributed by atoms with Crippen LogP contribution in [0, 0.1) is 0 Å². The molecule has 3 aromatic heterocycles. The van der Waals surface area contributed by atoms with Gasteiger partial charge in [-0.15, -0.1) is 16.4 Å². The molecule has 1 aliphatic rings. The molecule has 0 aliphatic carbocycles. The summed E-state index contributed by atoms with van der Waals surface area (Å²) in [5, 5.41) is 21.0. The highest BCUT2D eigenvalue weighted by molar-refractivity contribution is 7.13. The predicted molar refractivity (Wildman–Crippen MR) is 128 cm³/mol. The van der Waals surface area contributed by atoms with E-state index in [-0.39, 0.29) is 5.91 Å². The average Bonchev–Trinajstić information content (AvgIpc) is 3.55. The van der Waals surface area contributed by atoms with Crippen LogP contribution in [-0.4, -0.2) is 61.3 Å². The maximum atomic E-state index is 12.5. The predicted octanol–water partition coefficient (Wildman–Crippen LogP) is 2.80. The number of aromatic nitrogens is 5. The second-order valence-electron chi connectivity index (χ2n) is 8.04. The normalized spacial score (nSPS) is 17.9. The molecular weight excluding hydrogens is 454 g/mol. The summed E-state index contributed by atoms with van der Waals surface area (Å²) in [5.41, 5.74) is 1.32. The molecule has 1 aliphatic heterocycles. The summed E-state index contributed by atoms with van der Waals surface area (Å²) in [4.78, 5) is 27.7. The van der Waals surface area contributed by atoms with E-state index in [0.29, 0.717) is 41.9 Å². The van der Waals surface area contributed by atoms with Gasteiger partial charge >= 0.3 is 0 Å². The number of amides is 1. The summed E-state index contributed by atoms with van der Waals surface area (Å²) in [5.74, 6) is 1.31. The monoisotopic (exact) mass is 477 g/mol. The molecule has 0 radical (unpaired) electrons. The van der Waals surface area contributed by atoms with Gasteiger partial charge in [-0.2, -0.15) is 0 Å². The maximum absolute atomic E-state index is 12.5. The topological polar surface area (TPSA) is 118 Å². The third-order valence-corrected chi connectivity index (χ3v) is 6.70. The fourth-order valence-electron chi connectivity index (χ4n) is 3.89. The van der Waals surface area contributed by atoms with E-state index in [1.165, 1.54) is 11.3 Å². The van der Waals surface area contributed by atoms with Crippen molar-refractivity contribution in [2.45, 2.75) is 12.0 Å². The summed E-state index contributed by atoms with van der Waals surface area (Å²) < 4.78 is 6.79. The molecule has 10 nitrogen and oxygen atoms in total. The van der Waals surface area contributed by atoms with Crippen molar-refractivity contribution < 1.29 is 14.6 Å². The van der Waals surface area contributed by atoms with Crippen LogP contribution >= 0.6 is 11.3 Å². The molecule has 174 valence electrons. The quantitative estimate of drug-likeness (QED) is 0.435. The molecule has 4 heterocycles. The molecule has 2 N–H and O–H groups in total. The standard InChI is InChI=1S/C23H23N7O3S/c1-29-10-8-23(32,21(29)31)15-6-4-5-14(11-15)17-13-34-20(25-17)16-7-9-24-22(26-16)27-18-12-19(33-3)28-30(18)2/h4-7,9,11-13,32H,8,10H2,1-3H3,(H,24,26,27). The second kappa shape index (κ2) is 8.50. The number of aliphatic hydroxyl groups is 1. The third-order valence-electron chi connectivity index (χ3n) is 5.83. The molecule has 34 heavy (non-hydrogen) atoms. The van der Waals surface area contributed by atoms with Crippen molar-refractivity contribution in [1.29, 1.82) is 0 Å². The van der Waals surface area contributed by atoms with E-state index in [4.69, 9.17) is 9.72 Å². The largest absolute Gasteiger partial charge is 0.480 e. The van der Waals surface area contributed by atoms with Gasteiger partial charge in [0.15, 0.2) is 5.60 Å². The Balaban J connectivity index is 1.40. The van der Waals surface area contributed by atoms with Gasteiger partial charge in [0.05, 0.1) is 12.8 Å². The minimum Gasteiger partial charge on any atom is -0.480 e. The van der Waals surface area contributed by atoms with Gasteiger partial charge in [0.1, 0.15) is 16.5 Å². The van der Waals surface area contributed by atoms with Crippen LogP contribution in [-0.2, 0) is 17.4 Å². The first-order valence-electron chi connectivity index (χ1n) is 10.6. The lowest BCUT2D eigenvalue weighted by Crippen LogP contribution is -2.36.